The van der Waals surface area contributed by atoms with E-state index < -0.39 is 11.9 Å². The van der Waals surface area contributed by atoms with Crippen LogP contribution in [-0.2, 0) is 11.3 Å². The van der Waals surface area contributed by atoms with Gasteiger partial charge in [0.05, 0.1) is 30.7 Å². The summed E-state index contributed by atoms with van der Waals surface area (Å²) in [7, 11) is 3.08. The standard InChI is InChI=1S/C22H24ClFN4O4S/c1-5-28-21(13(2)32-18-9-6-14(24)10-16(18)23)26-27-22(28)33-12-20(29)25-17-8-7-15(30-3)11-19(17)31-4/h6-11,13H,5,12H2,1-4H3,(H,25,29). The Balaban J connectivity index is 1.66. The Morgan fingerprint density at radius 1 is 1.18 bits per heavy atom. The Bertz CT molecular complexity index is 1130. The predicted molar refractivity (Wildman–Crippen MR) is 125 cm³/mol. The molecule has 1 atom stereocenters. The molecule has 0 saturated heterocycles. The van der Waals surface area contributed by atoms with Crippen LogP contribution in [0, 0.1) is 5.82 Å². The van der Waals surface area contributed by atoms with Gasteiger partial charge in [-0.2, -0.15) is 0 Å². The summed E-state index contributed by atoms with van der Waals surface area (Å²) in [5.74, 6) is 1.49. The van der Waals surface area contributed by atoms with Gasteiger partial charge in [0.25, 0.3) is 0 Å². The summed E-state index contributed by atoms with van der Waals surface area (Å²) in [5.41, 5.74) is 0.541. The third kappa shape index (κ3) is 6.08. The molecule has 33 heavy (non-hydrogen) atoms. The summed E-state index contributed by atoms with van der Waals surface area (Å²) in [6.07, 6.45) is -0.493. The lowest BCUT2D eigenvalue weighted by Gasteiger charge is -2.16. The normalized spacial score (nSPS) is 11.7. The molecule has 0 aliphatic carbocycles. The third-order valence-corrected chi connectivity index (χ3v) is 5.90. The molecule has 0 fully saturated rings. The molecule has 3 aromatic rings. The van der Waals surface area contributed by atoms with Crippen LogP contribution in [0.4, 0.5) is 10.1 Å². The predicted octanol–water partition coefficient (Wildman–Crippen LogP) is 4.98. The number of hydrogen-bond acceptors (Lipinski definition) is 7. The van der Waals surface area contributed by atoms with Gasteiger partial charge in [-0.25, -0.2) is 4.39 Å². The number of carbonyl (C=O) groups is 1. The molecule has 1 N–H and O–H groups in total. The Labute approximate surface area is 200 Å². The molecule has 1 unspecified atom stereocenters. The molecule has 2 aromatic carbocycles. The van der Waals surface area contributed by atoms with Crippen molar-refractivity contribution < 1.29 is 23.4 Å². The Hall–Kier alpha value is -2.98. The molecular formula is C22H24ClFN4O4S. The van der Waals surface area contributed by atoms with Crippen molar-refractivity contribution >= 4 is 35.0 Å². The topological polar surface area (TPSA) is 87.5 Å². The highest BCUT2D eigenvalue weighted by Crippen LogP contribution is 2.31. The van der Waals surface area contributed by atoms with E-state index in [0.717, 1.165) is 0 Å². The van der Waals surface area contributed by atoms with Crippen LogP contribution in [0.25, 0.3) is 0 Å². The van der Waals surface area contributed by atoms with Crippen LogP contribution in [0.5, 0.6) is 17.2 Å². The second kappa shape index (κ2) is 11.2. The van der Waals surface area contributed by atoms with Gasteiger partial charge in [-0.1, -0.05) is 23.4 Å². The van der Waals surface area contributed by atoms with Crippen molar-refractivity contribution in [1.29, 1.82) is 0 Å². The zero-order valence-electron chi connectivity index (χ0n) is 18.6. The molecule has 1 heterocycles. The molecule has 0 aliphatic rings. The van der Waals surface area contributed by atoms with Gasteiger partial charge in [-0.15, -0.1) is 10.2 Å². The van der Waals surface area contributed by atoms with E-state index in [9.17, 15) is 9.18 Å². The Morgan fingerprint density at radius 3 is 2.64 bits per heavy atom. The highest BCUT2D eigenvalue weighted by molar-refractivity contribution is 7.99. The summed E-state index contributed by atoms with van der Waals surface area (Å²) in [6, 6.07) is 9.07. The summed E-state index contributed by atoms with van der Waals surface area (Å²) >= 11 is 7.31. The van der Waals surface area contributed by atoms with Crippen molar-refractivity contribution in [1.82, 2.24) is 14.8 Å². The zero-order chi connectivity index (χ0) is 24.0. The minimum atomic E-state index is -0.493. The van der Waals surface area contributed by atoms with Crippen LogP contribution < -0.4 is 19.5 Å². The summed E-state index contributed by atoms with van der Waals surface area (Å²) in [6.45, 7) is 4.31. The molecule has 8 nitrogen and oxygen atoms in total. The van der Waals surface area contributed by atoms with Gasteiger partial charge in [-0.3, -0.25) is 4.79 Å². The summed E-state index contributed by atoms with van der Waals surface area (Å²) < 4.78 is 31.5. The first-order valence-electron chi connectivity index (χ1n) is 10.1. The fourth-order valence-electron chi connectivity index (χ4n) is 3.04. The number of benzene rings is 2. The molecule has 0 aliphatic heterocycles. The Kier molecular flexibility index (Phi) is 8.40. The van der Waals surface area contributed by atoms with Crippen LogP contribution >= 0.6 is 23.4 Å². The van der Waals surface area contributed by atoms with Gasteiger partial charge in [0, 0.05) is 12.6 Å². The molecule has 1 aromatic heterocycles. The monoisotopic (exact) mass is 494 g/mol. The van der Waals surface area contributed by atoms with Crippen molar-refractivity contribution in [2.24, 2.45) is 0 Å². The number of ether oxygens (including phenoxy) is 3. The van der Waals surface area contributed by atoms with Crippen LogP contribution in [0.1, 0.15) is 25.8 Å². The number of aromatic nitrogens is 3. The van der Waals surface area contributed by atoms with Crippen molar-refractivity contribution in [3.8, 4) is 17.2 Å². The van der Waals surface area contributed by atoms with Gasteiger partial charge in [0.1, 0.15) is 23.1 Å². The maximum absolute atomic E-state index is 13.3. The van der Waals surface area contributed by atoms with Crippen molar-refractivity contribution in [3.05, 3.63) is 53.1 Å². The highest BCUT2D eigenvalue weighted by Gasteiger charge is 2.20. The van der Waals surface area contributed by atoms with E-state index in [4.69, 9.17) is 25.8 Å². The molecule has 1 amide bonds. The third-order valence-electron chi connectivity index (χ3n) is 4.64. The molecule has 11 heteroatoms. The minimum absolute atomic E-state index is 0.117. The van der Waals surface area contributed by atoms with E-state index in [-0.39, 0.29) is 16.7 Å². The molecule has 0 spiro atoms. The number of nitrogens with zero attached hydrogens (tertiary/aromatic N) is 3. The number of anilines is 1. The molecule has 3 rings (SSSR count). The van der Waals surface area contributed by atoms with Crippen LogP contribution in [0.2, 0.25) is 5.02 Å². The van der Waals surface area contributed by atoms with Crippen LogP contribution in [0.3, 0.4) is 0 Å². The van der Waals surface area contributed by atoms with Crippen molar-refractivity contribution in [3.63, 3.8) is 0 Å². The second-order valence-electron chi connectivity index (χ2n) is 6.82. The molecular weight excluding hydrogens is 471 g/mol. The molecule has 0 bridgehead atoms. The minimum Gasteiger partial charge on any atom is -0.497 e. The maximum atomic E-state index is 13.3. The first kappa shape index (κ1) is 24.7. The first-order chi connectivity index (χ1) is 15.9. The van der Waals surface area contributed by atoms with Gasteiger partial charge in [0.2, 0.25) is 5.91 Å². The summed E-state index contributed by atoms with van der Waals surface area (Å²) in [5, 5.41) is 12.0. The van der Waals surface area contributed by atoms with Gasteiger partial charge < -0.3 is 24.1 Å². The summed E-state index contributed by atoms with van der Waals surface area (Å²) in [4.78, 5) is 12.5. The fourth-order valence-corrected chi connectivity index (χ4v) is 4.06. The maximum Gasteiger partial charge on any atom is 0.234 e. The van der Waals surface area contributed by atoms with Crippen molar-refractivity contribution in [2.45, 2.75) is 31.7 Å². The molecule has 176 valence electrons. The van der Waals surface area contributed by atoms with E-state index in [0.29, 0.717) is 40.5 Å². The van der Waals surface area contributed by atoms with Crippen LogP contribution in [-0.4, -0.2) is 40.6 Å². The van der Waals surface area contributed by atoms with E-state index in [1.807, 2.05) is 11.5 Å². The van der Waals surface area contributed by atoms with E-state index in [1.54, 1.807) is 32.2 Å². The lowest BCUT2D eigenvalue weighted by molar-refractivity contribution is -0.113. The second-order valence-corrected chi connectivity index (χ2v) is 8.17. The lowest BCUT2D eigenvalue weighted by Crippen LogP contribution is -2.16. The zero-order valence-corrected chi connectivity index (χ0v) is 20.2. The molecule has 0 radical (unpaired) electrons. The number of hydrogen-bond donors (Lipinski definition) is 1. The quantitative estimate of drug-likeness (QED) is 0.398. The number of halogens is 2. The number of methoxy groups -OCH3 is 2. The number of nitrogens with one attached hydrogen (secondary N) is 1. The van der Waals surface area contributed by atoms with Gasteiger partial charge in [-0.05, 0) is 44.2 Å². The lowest BCUT2D eigenvalue weighted by atomic mass is 10.2. The number of carbonyl (C=O) groups excluding carboxylic acids is 1. The average Bonchev–Trinajstić information content (AvgIpc) is 3.22. The van der Waals surface area contributed by atoms with Gasteiger partial charge >= 0.3 is 0 Å². The highest BCUT2D eigenvalue weighted by atomic mass is 35.5. The van der Waals surface area contributed by atoms with Gasteiger partial charge in [0.15, 0.2) is 17.1 Å². The largest absolute Gasteiger partial charge is 0.497 e. The van der Waals surface area contributed by atoms with Crippen molar-refractivity contribution in [2.75, 3.05) is 25.3 Å². The fraction of sp³-hybridized carbons (Fsp3) is 0.318. The first-order valence-corrected chi connectivity index (χ1v) is 11.4. The SMILES string of the molecule is CCn1c(SCC(=O)Nc2ccc(OC)cc2OC)nnc1C(C)Oc1ccc(F)cc1Cl. The number of rotatable bonds is 10. The van der Waals surface area contributed by atoms with E-state index in [2.05, 4.69) is 15.5 Å². The smallest absolute Gasteiger partial charge is 0.234 e. The number of amides is 1. The van der Waals surface area contributed by atoms with Crippen LogP contribution in [0.15, 0.2) is 41.6 Å². The molecule has 0 saturated carbocycles. The number of thioether (sulfide) groups is 1. The van der Waals surface area contributed by atoms with E-state index in [1.165, 1.54) is 37.1 Å². The Morgan fingerprint density at radius 2 is 1.97 bits per heavy atom. The average molecular weight is 495 g/mol. The van der Waals surface area contributed by atoms with E-state index >= 15 is 0 Å².